The van der Waals surface area contributed by atoms with E-state index in [2.05, 4.69) is 47.6 Å². The van der Waals surface area contributed by atoms with Gasteiger partial charge in [0.2, 0.25) is 0 Å². The molecule has 5 aliphatic carbocycles. The Morgan fingerprint density at radius 2 is 1.76 bits per heavy atom. The van der Waals surface area contributed by atoms with Crippen molar-refractivity contribution in [3.05, 3.63) is 11.6 Å². The van der Waals surface area contributed by atoms with Crippen molar-refractivity contribution in [2.24, 2.45) is 64.1 Å². The molecule has 4 unspecified atom stereocenters. The number of fused-ring (bicyclic) bond motifs is 5. The van der Waals surface area contributed by atoms with E-state index in [-0.39, 0.29) is 12.1 Å². The van der Waals surface area contributed by atoms with E-state index in [0.29, 0.717) is 10.8 Å². The summed E-state index contributed by atoms with van der Waals surface area (Å²) in [6.07, 6.45) is 14.6. The molecular weight excluding hydrogens is 404 g/mol. The van der Waals surface area contributed by atoms with Gasteiger partial charge in [-0.3, -0.25) is 4.79 Å². The lowest BCUT2D eigenvalue weighted by molar-refractivity contribution is -0.148. The predicted molar refractivity (Wildman–Crippen MR) is 136 cm³/mol. The van der Waals surface area contributed by atoms with E-state index in [1.807, 2.05) is 0 Å². The van der Waals surface area contributed by atoms with E-state index >= 15 is 0 Å². The average Bonchev–Trinajstić information content (AvgIpc) is 3.47. The first-order valence-electron chi connectivity index (χ1n) is 14.4. The van der Waals surface area contributed by atoms with Crippen LogP contribution in [-0.2, 0) is 9.53 Å². The Morgan fingerprint density at radius 3 is 2.45 bits per heavy atom. The van der Waals surface area contributed by atoms with Gasteiger partial charge in [-0.15, -0.1) is 0 Å². The summed E-state index contributed by atoms with van der Waals surface area (Å²) in [5.41, 5.74) is 2.53. The highest BCUT2D eigenvalue weighted by molar-refractivity contribution is 5.66. The fourth-order valence-corrected chi connectivity index (χ4v) is 10.1. The van der Waals surface area contributed by atoms with Gasteiger partial charge in [0.05, 0.1) is 0 Å². The van der Waals surface area contributed by atoms with Crippen LogP contribution in [0, 0.1) is 64.1 Å². The molecule has 0 saturated heterocycles. The van der Waals surface area contributed by atoms with Crippen molar-refractivity contribution in [2.45, 2.75) is 112 Å². The van der Waals surface area contributed by atoms with Crippen LogP contribution in [-0.4, -0.2) is 12.1 Å². The topological polar surface area (TPSA) is 26.3 Å². The van der Waals surface area contributed by atoms with Crippen molar-refractivity contribution < 1.29 is 9.53 Å². The molecule has 0 radical (unpaired) electrons. The predicted octanol–water partition coefficient (Wildman–Crippen LogP) is 8.06. The second kappa shape index (κ2) is 8.41. The van der Waals surface area contributed by atoms with Crippen molar-refractivity contribution in [3.8, 4) is 0 Å². The van der Waals surface area contributed by atoms with Crippen molar-refractivity contribution >= 4 is 5.97 Å². The van der Waals surface area contributed by atoms with Gasteiger partial charge in [-0.1, -0.05) is 53.2 Å². The molecule has 0 spiro atoms. The molecule has 0 N–H and O–H groups in total. The number of rotatable bonds is 5. The molecule has 5 rings (SSSR count). The van der Waals surface area contributed by atoms with Crippen LogP contribution in [0.3, 0.4) is 0 Å². The molecule has 186 valence electrons. The first kappa shape index (κ1) is 23.9. The molecule has 11 atom stereocenters. The first-order chi connectivity index (χ1) is 15.6. The van der Waals surface area contributed by atoms with E-state index < -0.39 is 0 Å². The number of hydrogen-bond acceptors (Lipinski definition) is 2. The van der Waals surface area contributed by atoms with Gasteiger partial charge in [0.15, 0.2) is 0 Å². The lowest BCUT2D eigenvalue weighted by Gasteiger charge is -2.58. The summed E-state index contributed by atoms with van der Waals surface area (Å²) in [6, 6.07) is 0. The van der Waals surface area contributed by atoms with Crippen LogP contribution in [0.1, 0.15) is 106 Å². The second-order valence-corrected chi connectivity index (χ2v) is 14.0. The zero-order valence-corrected chi connectivity index (χ0v) is 22.5. The van der Waals surface area contributed by atoms with E-state index in [9.17, 15) is 4.79 Å². The normalized spacial score (nSPS) is 48.2. The molecule has 4 fully saturated rings. The van der Waals surface area contributed by atoms with Gasteiger partial charge < -0.3 is 4.74 Å². The lowest BCUT2D eigenvalue weighted by atomic mass is 9.47. The molecule has 5 aliphatic rings. The Hall–Kier alpha value is -0.790. The molecule has 0 heterocycles. The van der Waals surface area contributed by atoms with Crippen LogP contribution in [0.15, 0.2) is 11.6 Å². The van der Waals surface area contributed by atoms with E-state index in [1.54, 1.807) is 12.5 Å². The highest BCUT2D eigenvalue weighted by Crippen LogP contribution is 2.69. The largest absolute Gasteiger partial charge is 0.462 e. The molecule has 0 aliphatic heterocycles. The third kappa shape index (κ3) is 3.85. The summed E-state index contributed by atoms with van der Waals surface area (Å²) in [5, 5.41) is 0. The van der Waals surface area contributed by atoms with E-state index in [4.69, 9.17) is 4.74 Å². The smallest absolute Gasteiger partial charge is 0.302 e. The van der Waals surface area contributed by atoms with Gasteiger partial charge in [0.25, 0.3) is 0 Å². The zero-order chi connectivity index (χ0) is 23.7. The Bertz CT molecular complexity index is 797. The number of esters is 1. The summed E-state index contributed by atoms with van der Waals surface area (Å²) in [6.45, 7) is 16.8. The molecular formula is C31H50O2. The van der Waals surface area contributed by atoms with Gasteiger partial charge in [-0.2, -0.15) is 0 Å². The second-order valence-electron chi connectivity index (χ2n) is 14.0. The van der Waals surface area contributed by atoms with Crippen molar-refractivity contribution in [1.82, 2.24) is 0 Å². The third-order valence-corrected chi connectivity index (χ3v) is 12.4. The highest BCUT2D eigenvalue weighted by Gasteiger charge is 2.61. The lowest BCUT2D eigenvalue weighted by Crippen LogP contribution is -2.51. The Kier molecular flexibility index (Phi) is 6.10. The molecule has 0 aromatic carbocycles. The summed E-state index contributed by atoms with van der Waals surface area (Å²) < 4.78 is 5.64. The Morgan fingerprint density at radius 1 is 1.00 bits per heavy atom. The van der Waals surface area contributed by atoms with Gasteiger partial charge in [-0.05, 0) is 115 Å². The number of allylic oxidation sites excluding steroid dienone is 1. The van der Waals surface area contributed by atoms with Crippen LogP contribution in [0.2, 0.25) is 0 Å². The van der Waals surface area contributed by atoms with Crippen molar-refractivity contribution in [3.63, 3.8) is 0 Å². The van der Waals surface area contributed by atoms with Crippen molar-refractivity contribution in [1.29, 1.82) is 0 Å². The third-order valence-electron chi connectivity index (χ3n) is 12.4. The summed E-state index contributed by atoms with van der Waals surface area (Å²) in [7, 11) is 0. The van der Waals surface area contributed by atoms with Gasteiger partial charge in [0.1, 0.15) is 6.10 Å². The fraction of sp³-hybridized carbons (Fsp3) is 0.903. The minimum absolute atomic E-state index is 0.113. The minimum atomic E-state index is -0.113. The first-order valence-corrected chi connectivity index (χ1v) is 14.4. The molecule has 2 heteroatoms. The molecule has 0 aromatic heterocycles. The van der Waals surface area contributed by atoms with Gasteiger partial charge >= 0.3 is 5.97 Å². The number of carbonyl (C=O) groups is 1. The minimum Gasteiger partial charge on any atom is -0.462 e. The van der Waals surface area contributed by atoms with Crippen LogP contribution in [0.5, 0.6) is 0 Å². The van der Waals surface area contributed by atoms with Gasteiger partial charge in [0, 0.05) is 13.3 Å². The van der Waals surface area contributed by atoms with Crippen LogP contribution in [0.4, 0.5) is 0 Å². The summed E-state index contributed by atoms with van der Waals surface area (Å²) in [4.78, 5) is 11.5. The molecule has 0 aromatic rings. The Balaban J connectivity index is 1.31. The standard InChI is InChI=1S/C31H50O2/c1-18(2)19(3)25-17-26(25)20(4)27-10-11-28-24-9-8-22-16-23(33-21(5)32)12-14-30(22,6)29(24)13-15-31(27,28)7/h8,18-20,23-29H,9-17H2,1-7H3/t19?,20-,23+,24?,25?,26?,27-,28+,29+,30+,31-/m1/s1. The molecule has 0 amide bonds. The number of carbonyl (C=O) groups excluding carboxylic acids is 1. The molecule has 33 heavy (non-hydrogen) atoms. The van der Waals surface area contributed by atoms with E-state index in [1.165, 1.54) is 44.9 Å². The molecule has 2 nitrogen and oxygen atoms in total. The maximum atomic E-state index is 11.5. The SMILES string of the molecule is CC(=O)O[C@H]1CC[C@@]2(C)C(=CCC3[C@@H]4CC[C@H]([C@H](C)C5CC5C(C)C(C)C)[C@@]4(C)CC[C@@H]32)C1. The zero-order valence-electron chi connectivity index (χ0n) is 22.5. The van der Waals surface area contributed by atoms with Gasteiger partial charge in [-0.25, -0.2) is 0 Å². The quantitative estimate of drug-likeness (QED) is 0.310. The van der Waals surface area contributed by atoms with E-state index in [0.717, 1.165) is 66.1 Å². The number of hydrogen-bond donors (Lipinski definition) is 0. The van der Waals surface area contributed by atoms with Crippen LogP contribution in [0.25, 0.3) is 0 Å². The van der Waals surface area contributed by atoms with Crippen molar-refractivity contribution in [2.75, 3.05) is 0 Å². The average molecular weight is 455 g/mol. The van der Waals surface area contributed by atoms with Crippen LogP contribution >= 0.6 is 0 Å². The maximum Gasteiger partial charge on any atom is 0.302 e. The molecule has 4 saturated carbocycles. The fourth-order valence-electron chi connectivity index (χ4n) is 10.1. The molecule has 0 bridgehead atoms. The maximum absolute atomic E-state index is 11.5. The van der Waals surface area contributed by atoms with Crippen LogP contribution < -0.4 is 0 Å². The summed E-state index contributed by atoms with van der Waals surface area (Å²) in [5.74, 6) is 8.09. The monoisotopic (exact) mass is 454 g/mol. The summed E-state index contributed by atoms with van der Waals surface area (Å²) >= 11 is 0. The highest BCUT2D eigenvalue weighted by atomic mass is 16.5. The number of ether oxygens (including phenoxy) is 1. The Labute approximate surface area is 203 Å².